The van der Waals surface area contributed by atoms with Crippen molar-refractivity contribution in [3.05, 3.63) is 47.8 Å². The minimum absolute atomic E-state index is 0.579. The number of aromatic nitrogens is 2. The minimum Gasteiger partial charge on any atom is -0.370 e. The first-order valence-corrected chi connectivity index (χ1v) is 8.69. The average Bonchev–Trinajstić information content (AvgIpc) is 3.05. The summed E-state index contributed by atoms with van der Waals surface area (Å²) in [5, 5.41) is 6.98. The third-order valence-electron chi connectivity index (χ3n) is 4.34. The summed E-state index contributed by atoms with van der Waals surface area (Å²) >= 11 is 0. The van der Waals surface area contributed by atoms with E-state index in [9.17, 15) is 0 Å². The van der Waals surface area contributed by atoms with E-state index in [1.807, 2.05) is 13.0 Å². The van der Waals surface area contributed by atoms with Crippen molar-refractivity contribution in [1.29, 1.82) is 0 Å². The van der Waals surface area contributed by atoms with E-state index in [2.05, 4.69) is 50.9 Å². The Morgan fingerprint density at radius 3 is 2.57 bits per heavy atom. The van der Waals surface area contributed by atoms with Gasteiger partial charge in [-0.25, -0.2) is 9.97 Å². The molecule has 1 aliphatic carbocycles. The van der Waals surface area contributed by atoms with E-state index < -0.39 is 0 Å². The Labute approximate surface area is 138 Å². The van der Waals surface area contributed by atoms with Crippen LogP contribution >= 0.6 is 0 Å². The molecule has 3 rings (SSSR count). The van der Waals surface area contributed by atoms with Gasteiger partial charge in [0.2, 0.25) is 0 Å². The van der Waals surface area contributed by atoms with E-state index in [-0.39, 0.29) is 0 Å². The molecule has 122 valence electrons. The van der Waals surface area contributed by atoms with Gasteiger partial charge in [0, 0.05) is 18.7 Å². The number of hydrogen-bond acceptors (Lipinski definition) is 4. The highest BCUT2D eigenvalue weighted by Gasteiger charge is 2.15. The Bertz CT molecular complexity index is 606. The summed E-state index contributed by atoms with van der Waals surface area (Å²) in [7, 11) is 0. The molecule has 2 N–H and O–H groups in total. The molecule has 1 saturated carbocycles. The van der Waals surface area contributed by atoms with Crippen LogP contribution in [0.1, 0.15) is 43.5 Å². The molecule has 0 atom stereocenters. The molecule has 0 aliphatic heterocycles. The van der Waals surface area contributed by atoms with Crippen LogP contribution in [0.2, 0.25) is 0 Å². The maximum Gasteiger partial charge on any atom is 0.132 e. The molecule has 1 fully saturated rings. The molecule has 2 aromatic rings. The number of anilines is 2. The van der Waals surface area contributed by atoms with Crippen LogP contribution in [0.15, 0.2) is 36.4 Å². The predicted octanol–water partition coefficient (Wildman–Crippen LogP) is 4.18. The van der Waals surface area contributed by atoms with Crippen LogP contribution in [0.3, 0.4) is 0 Å². The van der Waals surface area contributed by atoms with Crippen molar-refractivity contribution in [3.8, 4) is 0 Å². The molecule has 1 aromatic carbocycles. The van der Waals surface area contributed by atoms with Crippen LogP contribution in [0.5, 0.6) is 0 Å². The van der Waals surface area contributed by atoms with Crippen molar-refractivity contribution < 1.29 is 0 Å². The SMILES string of the molecule is Cc1nc(NCCCc2ccccc2)cc(NC2CCCC2)n1. The van der Waals surface area contributed by atoms with Gasteiger partial charge in [0.15, 0.2) is 0 Å². The topological polar surface area (TPSA) is 49.8 Å². The minimum atomic E-state index is 0.579. The van der Waals surface area contributed by atoms with E-state index in [0.29, 0.717) is 6.04 Å². The molecule has 1 aliphatic rings. The first kappa shape index (κ1) is 15.8. The monoisotopic (exact) mass is 310 g/mol. The van der Waals surface area contributed by atoms with E-state index in [0.717, 1.165) is 36.8 Å². The Hall–Kier alpha value is -2.10. The van der Waals surface area contributed by atoms with Gasteiger partial charge < -0.3 is 10.6 Å². The van der Waals surface area contributed by atoms with Gasteiger partial charge in [-0.15, -0.1) is 0 Å². The van der Waals surface area contributed by atoms with Crippen molar-refractivity contribution in [2.24, 2.45) is 0 Å². The van der Waals surface area contributed by atoms with Gasteiger partial charge in [-0.3, -0.25) is 0 Å². The lowest BCUT2D eigenvalue weighted by Gasteiger charge is -2.14. The molecule has 0 amide bonds. The number of nitrogens with one attached hydrogen (secondary N) is 2. The van der Waals surface area contributed by atoms with Crippen molar-refractivity contribution in [2.75, 3.05) is 17.2 Å². The number of rotatable bonds is 7. The van der Waals surface area contributed by atoms with Gasteiger partial charge in [0.1, 0.15) is 17.5 Å². The highest BCUT2D eigenvalue weighted by Crippen LogP contribution is 2.22. The lowest BCUT2D eigenvalue weighted by molar-refractivity contribution is 0.748. The highest BCUT2D eigenvalue weighted by atomic mass is 15.1. The molecule has 1 heterocycles. The Morgan fingerprint density at radius 2 is 1.78 bits per heavy atom. The first-order valence-electron chi connectivity index (χ1n) is 8.69. The van der Waals surface area contributed by atoms with Crippen LogP contribution in [0, 0.1) is 6.92 Å². The largest absolute Gasteiger partial charge is 0.370 e. The molecule has 0 radical (unpaired) electrons. The van der Waals surface area contributed by atoms with Crippen molar-refractivity contribution in [3.63, 3.8) is 0 Å². The summed E-state index contributed by atoms with van der Waals surface area (Å²) < 4.78 is 0. The molecular weight excluding hydrogens is 284 g/mol. The fourth-order valence-corrected chi connectivity index (χ4v) is 3.17. The summed E-state index contributed by atoms with van der Waals surface area (Å²) in [6.07, 6.45) is 7.34. The second-order valence-corrected chi connectivity index (χ2v) is 6.33. The zero-order valence-electron chi connectivity index (χ0n) is 13.9. The Morgan fingerprint density at radius 1 is 1.04 bits per heavy atom. The number of hydrogen-bond donors (Lipinski definition) is 2. The third kappa shape index (κ3) is 4.95. The van der Waals surface area contributed by atoms with Crippen LogP contribution in [-0.4, -0.2) is 22.6 Å². The molecule has 0 spiro atoms. The fourth-order valence-electron chi connectivity index (χ4n) is 3.17. The van der Waals surface area contributed by atoms with Crippen LogP contribution in [0.25, 0.3) is 0 Å². The maximum atomic E-state index is 4.51. The second kappa shape index (κ2) is 7.95. The summed E-state index contributed by atoms with van der Waals surface area (Å²) in [5.41, 5.74) is 1.39. The number of aryl methyl sites for hydroxylation is 2. The highest BCUT2D eigenvalue weighted by molar-refractivity contribution is 5.48. The lowest BCUT2D eigenvalue weighted by atomic mass is 10.1. The summed E-state index contributed by atoms with van der Waals surface area (Å²) in [4.78, 5) is 9.00. The Kier molecular flexibility index (Phi) is 5.46. The van der Waals surface area contributed by atoms with Crippen LogP contribution in [-0.2, 0) is 6.42 Å². The molecule has 0 unspecified atom stereocenters. The first-order chi connectivity index (χ1) is 11.3. The standard InChI is InChI=1S/C19H26N4/c1-15-21-18(14-19(22-15)23-17-11-5-6-12-17)20-13-7-10-16-8-3-2-4-9-16/h2-4,8-9,14,17H,5-7,10-13H2,1H3,(H2,20,21,22,23). The number of benzene rings is 1. The predicted molar refractivity (Wildman–Crippen MR) is 95.9 cm³/mol. The Balaban J connectivity index is 1.49. The lowest BCUT2D eigenvalue weighted by Crippen LogP contribution is -2.16. The maximum absolute atomic E-state index is 4.51. The van der Waals surface area contributed by atoms with Crippen molar-refractivity contribution in [2.45, 2.75) is 51.5 Å². The molecular formula is C19H26N4. The quantitative estimate of drug-likeness (QED) is 0.753. The molecule has 1 aromatic heterocycles. The van der Waals surface area contributed by atoms with Gasteiger partial charge in [-0.05, 0) is 38.2 Å². The van der Waals surface area contributed by atoms with Gasteiger partial charge in [-0.2, -0.15) is 0 Å². The van der Waals surface area contributed by atoms with E-state index in [1.54, 1.807) is 0 Å². The van der Waals surface area contributed by atoms with Crippen LogP contribution < -0.4 is 10.6 Å². The van der Waals surface area contributed by atoms with Crippen LogP contribution in [0.4, 0.5) is 11.6 Å². The van der Waals surface area contributed by atoms with E-state index in [4.69, 9.17) is 0 Å². The van der Waals surface area contributed by atoms with E-state index in [1.165, 1.54) is 31.2 Å². The summed E-state index contributed by atoms with van der Waals surface area (Å²) in [6, 6.07) is 13.2. The van der Waals surface area contributed by atoms with Gasteiger partial charge in [0.25, 0.3) is 0 Å². The second-order valence-electron chi connectivity index (χ2n) is 6.33. The van der Waals surface area contributed by atoms with Crippen molar-refractivity contribution in [1.82, 2.24) is 9.97 Å². The average molecular weight is 310 g/mol. The molecule has 0 bridgehead atoms. The normalized spacial score (nSPS) is 14.8. The summed E-state index contributed by atoms with van der Waals surface area (Å²) in [6.45, 7) is 2.88. The van der Waals surface area contributed by atoms with Gasteiger partial charge in [0.05, 0.1) is 0 Å². The zero-order valence-corrected chi connectivity index (χ0v) is 13.9. The molecule has 0 saturated heterocycles. The van der Waals surface area contributed by atoms with E-state index >= 15 is 0 Å². The summed E-state index contributed by atoms with van der Waals surface area (Å²) in [5.74, 6) is 2.69. The molecule has 4 nitrogen and oxygen atoms in total. The molecule has 23 heavy (non-hydrogen) atoms. The molecule has 4 heteroatoms. The zero-order chi connectivity index (χ0) is 15.9. The van der Waals surface area contributed by atoms with Crippen molar-refractivity contribution >= 4 is 11.6 Å². The number of nitrogens with zero attached hydrogens (tertiary/aromatic N) is 2. The van der Waals surface area contributed by atoms with Gasteiger partial charge in [-0.1, -0.05) is 43.2 Å². The van der Waals surface area contributed by atoms with Gasteiger partial charge >= 0.3 is 0 Å². The smallest absolute Gasteiger partial charge is 0.132 e. The fraction of sp³-hybridized carbons (Fsp3) is 0.474. The third-order valence-corrected chi connectivity index (χ3v) is 4.34.